The number of carbonyl (C=O) groups is 2. The van der Waals surface area contributed by atoms with E-state index in [0.29, 0.717) is 65.6 Å². The predicted octanol–water partition coefficient (Wildman–Crippen LogP) is 10.7. The normalized spacial score (nSPS) is 11.5. The van der Waals surface area contributed by atoms with Gasteiger partial charge in [-0.25, -0.2) is 14.6 Å². The zero-order valence-electron chi connectivity index (χ0n) is 33.8. The molecule has 0 fully saturated rings. The molecule has 2 aromatic heterocycles. The quantitative estimate of drug-likeness (QED) is 0.0905. The predicted molar refractivity (Wildman–Crippen MR) is 225 cm³/mol. The SMILES string of the molecule is CCCCn1c(=O)c(NC(=O)Nc2c(C(C)C)cc(NC(=O)OC(C)(C)C)cc2C(C)C)c(-c2cccc(OCCOCc3ccccc3)c2)c2cccnc21. The van der Waals surface area contributed by atoms with Crippen LogP contribution in [0, 0.1) is 0 Å². The molecule has 3 amide bonds. The van der Waals surface area contributed by atoms with Crippen LogP contribution in [0.1, 0.15) is 96.8 Å². The second-order valence-corrected chi connectivity index (χ2v) is 15.4. The fourth-order valence-corrected chi connectivity index (χ4v) is 6.44. The van der Waals surface area contributed by atoms with Gasteiger partial charge in [0.1, 0.15) is 29.3 Å². The summed E-state index contributed by atoms with van der Waals surface area (Å²) in [6, 6.07) is 24.3. The van der Waals surface area contributed by atoms with Crippen LogP contribution in [-0.2, 0) is 22.6 Å². The van der Waals surface area contributed by atoms with Crippen molar-refractivity contribution in [3.8, 4) is 16.9 Å². The maximum Gasteiger partial charge on any atom is 0.412 e. The minimum Gasteiger partial charge on any atom is -0.491 e. The Labute approximate surface area is 329 Å². The van der Waals surface area contributed by atoms with Crippen LogP contribution in [0.4, 0.5) is 26.7 Å². The number of pyridine rings is 2. The summed E-state index contributed by atoms with van der Waals surface area (Å²) in [7, 11) is 0. The first-order chi connectivity index (χ1) is 26.8. The number of fused-ring (bicyclic) bond motifs is 1. The fraction of sp³-hybridized carbons (Fsp3) is 0.378. The molecular formula is C45H55N5O6. The number of ether oxygens (including phenoxy) is 3. The van der Waals surface area contributed by atoms with Crippen LogP contribution in [-0.4, -0.2) is 40.5 Å². The van der Waals surface area contributed by atoms with Crippen LogP contribution >= 0.6 is 0 Å². The molecule has 0 bridgehead atoms. The number of hydrogen-bond acceptors (Lipinski definition) is 7. The Morgan fingerprint density at radius 2 is 1.52 bits per heavy atom. The van der Waals surface area contributed by atoms with E-state index in [1.807, 2.05) is 127 Å². The standard InChI is InChI=1S/C45H55N5O6/c1-9-10-22-50-41-35(20-15-21-46-41)38(32-18-14-19-34(25-32)55-24-23-54-28-31-16-12-11-13-17-31)40(42(50)51)49-43(52)48-39-36(29(2)3)26-33(27-37(39)30(4)5)47-44(53)56-45(6,7)8/h11-21,25-27,29-30H,9-10,22-24,28H2,1-8H3,(H,47,53)(H2,48,49,52). The monoisotopic (exact) mass is 761 g/mol. The zero-order chi connectivity index (χ0) is 40.4. The highest BCUT2D eigenvalue weighted by atomic mass is 16.6. The number of urea groups is 1. The minimum absolute atomic E-state index is 0.0248. The third-order valence-electron chi connectivity index (χ3n) is 9.05. The average molecular weight is 762 g/mol. The molecule has 11 heteroatoms. The highest BCUT2D eigenvalue weighted by molar-refractivity contribution is 6.08. The smallest absolute Gasteiger partial charge is 0.412 e. The number of carbonyl (C=O) groups excluding carboxylic acids is 2. The van der Waals surface area contributed by atoms with Gasteiger partial charge in [-0.2, -0.15) is 0 Å². The van der Waals surface area contributed by atoms with Crippen LogP contribution in [0.3, 0.4) is 0 Å². The number of rotatable bonds is 15. The number of nitrogens with zero attached hydrogens (tertiary/aromatic N) is 2. The number of amides is 3. The molecule has 0 atom stereocenters. The summed E-state index contributed by atoms with van der Waals surface area (Å²) in [5.41, 5.74) is 4.75. The molecule has 5 aromatic rings. The molecule has 0 radical (unpaired) electrons. The molecule has 0 unspecified atom stereocenters. The number of benzene rings is 3. The van der Waals surface area contributed by atoms with Gasteiger partial charge in [0.25, 0.3) is 5.56 Å². The van der Waals surface area contributed by atoms with Gasteiger partial charge < -0.3 is 24.8 Å². The van der Waals surface area contributed by atoms with E-state index >= 15 is 0 Å². The zero-order valence-corrected chi connectivity index (χ0v) is 33.8. The molecule has 0 saturated carbocycles. The molecule has 0 aliphatic heterocycles. The topological polar surface area (TPSA) is 133 Å². The second kappa shape index (κ2) is 18.8. The molecule has 3 N–H and O–H groups in total. The fourth-order valence-electron chi connectivity index (χ4n) is 6.44. The summed E-state index contributed by atoms with van der Waals surface area (Å²) in [6.07, 6.45) is 2.73. The summed E-state index contributed by atoms with van der Waals surface area (Å²) >= 11 is 0. The first kappa shape index (κ1) is 41.5. The van der Waals surface area contributed by atoms with Crippen molar-refractivity contribution in [3.05, 3.63) is 112 Å². The largest absolute Gasteiger partial charge is 0.491 e. The molecule has 5 rings (SSSR count). The van der Waals surface area contributed by atoms with Crippen molar-refractivity contribution in [1.82, 2.24) is 9.55 Å². The van der Waals surface area contributed by atoms with Gasteiger partial charge in [0, 0.05) is 35.1 Å². The van der Waals surface area contributed by atoms with Gasteiger partial charge in [-0.3, -0.25) is 14.7 Å². The van der Waals surface area contributed by atoms with Gasteiger partial charge in [-0.15, -0.1) is 0 Å². The first-order valence-electron chi connectivity index (χ1n) is 19.4. The number of anilines is 3. The molecule has 0 saturated heterocycles. The molecule has 0 spiro atoms. The Kier molecular flexibility index (Phi) is 13.9. The van der Waals surface area contributed by atoms with Crippen molar-refractivity contribution in [1.29, 1.82) is 0 Å². The second-order valence-electron chi connectivity index (χ2n) is 15.4. The summed E-state index contributed by atoms with van der Waals surface area (Å²) in [6.45, 7) is 17.2. The molecule has 0 aliphatic rings. The van der Waals surface area contributed by atoms with E-state index in [9.17, 15) is 14.4 Å². The lowest BCUT2D eigenvalue weighted by molar-refractivity contribution is 0.0636. The number of nitrogens with one attached hydrogen (secondary N) is 3. The Morgan fingerprint density at radius 1 is 0.821 bits per heavy atom. The Hall–Kier alpha value is -5.68. The average Bonchev–Trinajstić information content (AvgIpc) is 3.14. The van der Waals surface area contributed by atoms with Gasteiger partial charge in [-0.05, 0) is 97.7 Å². The van der Waals surface area contributed by atoms with E-state index in [4.69, 9.17) is 14.2 Å². The van der Waals surface area contributed by atoms with Gasteiger partial charge >= 0.3 is 12.1 Å². The number of aryl methyl sites for hydroxylation is 1. The molecule has 3 aromatic carbocycles. The van der Waals surface area contributed by atoms with E-state index in [1.54, 1.807) is 10.8 Å². The van der Waals surface area contributed by atoms with E-state index in [1.165, 1.54) is 0 Å². The molecular weight excluding hydrogens is 707 g/mol. The third kappa shape index (κ3) is 10.8. The molecule has 11 nitrogen and oxygen atoms in total. The number of unbranched alkanes of at least 4 members (excludes halogenated alkanes) is 1. The highest BCUT2D eigenvalue weighted by Crippen LogP contribution is 2.38. The molecule has 296 valence electrons. The van der Waals surface area contributed by atoms with Crippen LogP contribution in [0.25, 0.3) is 22.2 Å². The maximum absolute atomic E-state index is 14.5. The minimum atomic E-state index is -0.663. The van der Waals surface area contributed by atoms with Gasteiger partial charge in [0.2, 0.25) is 0 Å². The lowest BCUT2D eigenvalue weighted by Crippen LogP contribution is -2.30. The van der Waals surface area contributed by atoms with Crippen LogP contribution in [0.2, 0.25) is 0 Å². The Balaban J connectivity index is 1.50. The summed E-state index contributed by atoms with van der Waals surface area (Å²) < 4.78 is 19.1. The van der Waals surface area contributed by atoms with E-state index in [-0.39, 0.29) is 23.1 Å². The Morgan fingerprint density at radius 3 is 2.18 bits per heavy atom. The van der Waals surface area contributed by atoms with Crippen molar-refractivity contribution in [3.63, 3.8) is 0 Å². The van der Waals surface area contributed by atoms with E-state index in [2.05, 4.69) is 27.9 Å². The van der Waals surface area contributed by atoms with Crippen molar-refractivity contribution in [2.24, 2.45) is 0 Å². The summed E-state index contributed by atoms with van der Waals surface area (Å²) in [5.74, 6) is 0.545. The van der Waals surface area contributed by atoms with Crippen LogP contribution in [0.5, 0.6) is 5.75 Å². The van der Waals surface area contributed by atoms with E-state index < -0.39 is 17.7 Å². The van der Waals surface area contributed by atoms with Crippen LogP contribution < -0.4 is 26.2 Å². The third-order valence-corrected chi connectivity index (χ3v) is 9.05. The van der Waals surface area contributed by atoms with Crippen molar-refractivity contribution in [2.75, 3.05) is 29.2 Å². The lowest BCUT2D eigenvalue weighted by Gasteiger charge is -2.24. The summed E-state index contributed by atoms with van der Waals surface area (Å²) in [4.78, 5) is 46.1. The Bertz CT molecular complexity index is 2160. The van der Waals surface area contributed by atoms with Crippen molar-refractivity contribution in [2.45, 2.75) is 98.8 Å². The molecule has 0 aliphatic carbocycles. The van der Waals surface area contributed by atoms with Crippen LogP contribution in [0.15, 0.2) is 89.9 Å². The van der Waals surface area contributed by atoms with Gasteiger partial charge in [0.05, 0.1) is 13.2 Å². The maximum atomic E-state index is 14.5. The van der Waals surface area contributed by atoms with Crippen molar-refractivity contribution < 1.29 is 23.8 Å². The highest BCUT2D eigenvalue weighted by Gasteiger charge is 2.24. The molecule has 2 heterocycles. The van der Waals surface area contributed by atoms with Gasteiger partial charge in [-0.1, -0.05) is 83.5 Å². The molecule has 56 heavy (non-hydrogen) atoms. The van der Waals surface area contributed by atoms with E-state index in [0.717, 1.165) is 29.5 Å². The lowest BCUT2D eigenvalue weighted by atomic mass is 9.91. The first-order valence-corrected chi connectivity index (χ1v) is 19.4. The number of hydrogen-bond donors (Lipinski definition) is 3. The number of aromatic nitrogens is 2. The summed E-state index contributed by atoms with van der Waals surface area (Å²) in [5, 5.41) is 9.63. The van der Waals surface area contributed by atoms with Crippen molar-refractivity contribution >= 4 is 40.2 Å². The van der Waals surface area contributed by atoms with Gasteiger partial charge in [0.15, 0.2) is 0 Å².